The van der Waals surface area contributed by atoms with E-state index in [4.69, 9.17) is 14.2 Å². The molecule has 1 atom stereocenters. The predicted octanol–water partition coefficient (Wildman–Crippen LogP) is 3.89. The Balaban J connectivity index is 2.05. The molecule has 3 aromatic rings. The second-order valence-electron chi connectivity index (χ2n) is 7.10. The molecule has 172 valence electrons. The average Bonchev–Trinajstić information content (AvgIpc) is 2.84. The van der Waals surface area contributed by atoms with Gasteiger partial charge in [-0.2, -0.15) is 0 Å². The van der Waals surface area contributed by atoms with Crippen LogP contribution in [0.3, 0.4) is 0 Å². The lowest BCUT2D eigenvalue weighted by Gasteiger charge is -2.28. The van der Waals surface area contributed by atoms with Crippen LogP contribution in [0.4, 0.5) is 5.69 Å². The maximum Gasteiger partial charge on any atom is 0.286 e. The number of methoxy groups -OCH3 is 2. The minimum absolute atomic E-state index is 0.115. The molecule has 9 nitrogen and oxygen atoms in total. The summed E-state index contributed by atoms with van der Waals surface area (Å²) in [7, 11) is 4.52. The van der Waals surface area contributed by atoms with Crippen LogP contribution in [0, 0.1) is 10.1 Å². The molecule has 0 bridgehead atoms. The summed E-state index contributed by atoms with van der Waals surface area (Å²) >= 11 is 0. The SMILES string of the molecule is COCCOc1cc([N+](=O)[O-])c(C(=O)N(C)C(c2ccccc2)c2ccccn2)cc1OC. The number of carbonyl (C=O) groups excluding carboxylic acids is 1. The minimum atomic E-state index is -0.609. The van der Waals surface area contributed by atoms with E-state index >= 15 is 0 Å². The fraction of sp³-hybridized carbons (Fsp3) is 0.250. The van der Waals surface area contributed by atoms with Gasteiger partial charge in [-0.15, -0.1) is 0 Å². The summed E-state index contributed by atoms with van der Waals surface area (Å²) in [6.07, 6.45) is 1.64. The molecule has 2 aromatic carbocycles. The van der Waals surface area contributed by atoms with Gasteiger partial charge < -0.3 is 19.1 Å². The molecule has 0 spiro atoms. The quantitative estimate of drug-likeness (QED) is 0.262. The number of benzene rings is 2. The standard InChI is InChI=1S/C24H25N3O6/c1-26(23(17-9-5-4-6-10-17)19-11-7-8-12-25-19)24(28)18-15-21(32-3)22(33-14-13-31-2)16-20(18)27(29)30/h4-12,15-16,23H,13-14H2,1-3H3. The second kappa shape index (κ2) is 11.1. The van der Waals surface area contributed by atoms with Crippen LogP contribution >= 0.6 is 0 Å². The Hall–Kier alpha value is -3.98. The Kier molecular flexibility index (Phi) is 7.93. The van der Waals surface area contributed by atoms with Crippen molar-refractivity contribution < 1.29 is 23.9 Å². The Morgan fingerprint density at radius 3 is 2.39 bits per heavy atom. The Bertz CT molecular complexity index is 1050. The summed E-state index contributed by atoms with van der Waals surface area (Å²) in [5.74, 6) is -0.185. The van der Waals surface area contributed by atoms with E-state index in [1.807, 2.05) is 42.5 Å². The Morgan fingerprint density at radius 1 is 1.06 bits per heavy atom. The van der Waals surface area contributed by atoms with Crippen LogP contribution in [-0.2, 0) is 4.74 Å². The summed E-state index contributed by atoms with van der Waals surface area (Å²) in [5, 5.41) is 11.8. The van der Waals surface area contributed by atoms with Crippen LogP contribution < -0.4 is 9.47 Å². The van der Waals surface area contributed by atoms with Crippen molar-refractivity contribution in [2.24, 2.45) is 0 Å². The van der Waals surface area contributed by atoms with Crippen molar-refractivity contribution >= 4 is 11.6 Å². The van der Waals surface area contributed by atoms with E-state index in [2.05, 4.69) is 4.98 Å². The van der Waals surface area contributed by atoms with E-state index in [9.17, 15) is 14.9 Å². The first-order valence-corrected chi connectivity index (χ1v) is 10.2. The van der Waals surface area contributed by atoms with Gasteiger partial charge in [-0.1, -0.05) is 36.4 Å². The minimum Gasteiger partial charge on any atom is -0.493 e. The highest BCUT2D eigenvalue weighted by Gasteiger charge is 2.31. The molecule has 0 aliphatic heterocycles. The highest BCUT2D eigenvalue weighted by atomic mass is 16.6. The van der Waals surface area contributed by atoms with Gasteiger partial charge in [-0.05, 0) is 17.7 Å². The van der Waals surface area contributed by atoms with Crippen molar-refractivity contribution in [2.75, 3.05) is 34.5 Å². The topological polar surface area (TPSA) is 104 Å². The van der Waals surface area contributed by atoms with Crippen LogP contribution in [0.1, 0.15) is 27.7 Å². The van der Waals surface area contributed by atoms with Gasteiger partial charge in [-0.25, -0.2) is 0 Å². The fourth-order valence-electron chi connectivity index (χ4n) is 3.45. The molecule has 0 saturated heterocycles. The van der Waals surface area contributed by atoms with Gasteiger partial charge in [0.05, 0.1) is 36.4 Å². The third-order valence-electron chi connectivity index (χ3n) is 5.04. The lowest BCUT2D eigenvalue weighted by atomic mass is 10.00. The van der Waals surface area contributed by atoms with Crippen LogP contribution in [-0.4, -0.2) is 55.2 Å². The van der Waals surface area contributed by atoms with Crippen LogP contribution in [0.5, 0.6) is 11.5 Å². The molecule has 9 heteroatoms. The maximum absolute atomic E-state index is 13.6. The smallest absolute Gasteiger partial charge is 0.286 e. The van der Waals surface area contributed by atoms with Crippen molar-refractivity contribution in [2.45, 2.75) is 6.04 Å². The van der Waals surface area contributed by atoms with Gasteiger partial charge >= 0.3 is 0 Å². The molecular formula is C24H25N3O6. The summed E-state index contributed by atoms with van der Waals surface area (Å²) in [6.45, 7) is 0.468. The zero-order valence-corrected chi connectivity index (χ0v) is 18.6. The average molecular weight is 451 g/mol. The molecule has 1 heterocycles. The number of nitro groups is 1. The van der Waals surface area contributed by atoms with Crippen molar-refractivity contribution in [3.05, 3.63) is 93.8 Å². The summed E-state index contributed by atoms with van der Waals surface area (Å²) < 4.78 is 15.8. The molecule has 0 saturated carbocycles. The number of hydrogen-bond donors (Lipinski definition) is 0. The third-order valence-corrected chi connectivity index (χ3v) is 5.04. The van der Waals surface area contributed by atoms with Crippen molar-refractivity contribution in [1.29, 1.82) is 0 Å². The molecule has 1 unspecified atom stereocenters. The summed E-state index contributed by atoms with van der Waals surface area (Å²) in [4.78, 5) is 30.7. The molecule has 1 amide bonds. The molecule has 0 fully saturated rings. The number of rotatable bonds is 10. The predicted molar refractivity (Wildman–Crippen MR) is 122 cm³/mol. The van der Waals surface area contributed by atoms with E-state index < -0.39 is 16.9 Å². The highest BCUT2D eigenvalue weighted by molar-refractivity contribution is 5.99. The summed E-state index contributed by atoms with van der Waals surface area (Å²) in [6, 6.07) is 16.8. The second-order valence-corrected chi connectivity index (χ2v) is 7.10. The zero-order valence-electron chi connectivity index (χ0n) is 18.6. The van der Waals surface area contributed by atoms with Crippen molar-refractivity contribution in [1.82, 2.24) is 9.88 Å². The fourth-order valence-corrected chi connectivity index (χ4v) is 3.45. The van der Waals surface area contributed by atoms with E-state index in [-0.39, 0.29) is 29.4 Å². The zero-order chi connectivity index (χ0) is 23.8. The molecule has 0 aliphatic carbocycles. The van der Waals surface area contributed by atoms with E-state index in [0.29, 0.717) is 12.3 Å². The number of pyridine rings is 1. The Labute approximate surface area is 191 Å². The van der Waals surface area contributed by atoms with Gasteiger partial charge in [0.2, 0.25) is 0 Å². The number of carbonyl (C=O) groups is 1. The van der Waals surface area contributed by atoms with Gasteiger partial charge in [0.1, 0.15) is 12.2 Å². The van der Waals surface area contributed by atoms with Gasteiger partial charge in [-0.3, -0.25) is 19.9 Å². The number of hydrogen-bond acceptors (Lipinski definition) is 7. The highest BCUT2D eigenvalue weighted by Crippen LogP contribution is 2.37. The van der Waals surface area contributed by atoms with Gasteiger partial charge in [0.15, 0.2) is 11.5 Å². The van der Waals surface area contributed by atoms with Crippen LogP contribution in [0.25, 0.3) is 0 Å². The molecule has 0 aliphatic rings. The first-order valence-electron chi connectivity index (χ1n) is 10.2. The third kappa shape index (κ3) is 5.45. The molecule has 0 N–H and O–H groups in total. The van der Waals surface area contributed by atoms with Crippen molar-refractivity contribution in [3.8, 4) is 11.5 Å². The van der Waals surface area contributed by atoms with E-state index in [1.165, 1.54) is 31.3 Å². The molecule has 0 radical (unpaired) electrons. The lowest BCUT2D eigenvalue weighted by molar-refractivity contribution is -0.385. The Morgan fingerprint density at radius 2 is 1.79 bits per heavy atom. The first kappa shape index (κ1) is 23.7. The number of ether oxygens (including phenoxy) is 3. The maximum atomic E-state index is 13.6. The van der Waals surface area contributed by atoms with E-state index in [1.54, 1.807) is 19.3 Å². The van der Waals surface area contributed by atoms with E-state index in [0.717, 1.165) is 5.56 Å². The first-order chi connectivity index (χ1) is 16.0. The number of amides is 1. The normalized spacial score (nSPS) is 11.5. The summed E-state index contributed by atoms with van der Waals surface area (Å²) in [5.41, 5.74) is 0.957. The number of nitro benzene ring substituents is 1. The number of nitrogens with zero attached hydrogens (tertiary/aromatic N) is 3. The lowest BCUT2D eigenvalue weighted by Crippen LogP contribution is -2.33. The monoisotopic (exact) mass is 451 g/mol. The molecule has 33 heavy (non-hydrogen) atoms. The van der Waals surface area contributed by atoms with Crippen LogP contribution in [0.2, 0.25) is 0 Å². The van der Waals surface area contributed by atoms with Gasteiger partial charge in [0.25, 0.3) is 11.6 Å². The van der Waals surface area contributed by atoms with Gasteiger partial charge in [0, 0.05) is 26.4 Å². The molecule has 3 rings (SSSR count). The number of aromatic nitrogens is 1. The largest absolute Gasteiger partial charge is 0.493 e. The van der Waals surface area contributed by atoms with Crippen molar-refractivity contribution in [3.63, 3.8) is 0 Å². The molecule has 1 aromatic heterocycles. The molecular weight excluding hydrogens is 426 g/mol. The van der Waals surface area contributed by atoms with Crippen LogP contribution in [0.15, 0.2) is 66.9 Å².